The summed E-state index contributed by atoms with van der Waals surface area (Å²) >= 11 is 3.44. The van der Waals surface area contributed by atoms with Gasteiger partial charge in [0, 0.05) is 7.11 Å². The van der Waals surface area contributed by atoms with Crippen LogP contribution in [-0.4, -0.2) is 29.8 Å². The molecule has 0 saturated heterocycles. The van der Waals surface area contributed by atoms with Crippen molar-refractivity contribution in [3.05, 3.63) is 40.1 Å². The van der Waals surface area contributed by atoms with Crippen LogP contribution < -0.4 is 10.5 Å². The van der Waals surface area contributed by atoms with E-state index in [1.165, 1.54) is 4.68 Å². The maximum atomic E-state index is 5.71. The van der Waals surface area contributed by atoms with E-state index in [1.807, 2.05) is 25.1 Å². The van der Waals surface area contributed by atoms with Crippen LogP contribution in [0.3, 0.4) is 0 Å². The highest BCUT2D eigenvalue weighted by atomic mass is 79.9. The van der Waals surface area contributed by atoms with Gasteiger partial charge in [0.15, 0.2) is 6.79 Å². The van der Waals surface area contributed by atoms with E-state index in [0.29, 0.717) is 11.7 Å². The van der Waals surface area contributed by atoms with Gasteiger partial charge in [-0.1, -0.05) is 0 Å². The van der Waals surface area contributed by atoms with Gasteiger partial charge in [-0.05, 0) is 46.6 Å². The Kier molecular flexibility index (Phi) is 4.75. The summed E-state index contributed by atoms with van der Waals surface area (Å²) in [6.45, 7) is 2.07. The molecule has 2 N–H and O–H groups in total. The first-order valence-corrected chi connectivity index (χ1v) is 6.66. The SMILES string of the molecule is COCOc1ccc(C=Nn2cc(C)nc2N)cc1Br. The number of anilines is 1. The van der Waals surface area contributed by atoms with Crippen LogP contribution >= 0.6 is 15.9 Å². The first-order chi connectivity index (χ1) is 9.60. The highest BCUT2D eigenvalue weighted by Gasteiger charge is 2.02. The molecule has 2 rings (SSSR count). The first-order valence-electron chi connectivity index (χ1n) is 5.87. The van der Waals surface area contributed by atoms with Crippen molar-refractivity contribution >= 4 is 28.1 Å². The maximum Gasteiger partial charge on any atom is 0.221 e. The fourth-order valence-corrected chi connectivity index (χ4v) is 2.07. The van der Waals surface area contributed by atoms with Crippen molar-refractivity contribution in [1.29, 1.82) is 0 Å². The molecule has 0 saturated carbocycles. The smallest absolute Gasteiger partial charge is 0.221 e. The monoisotopic (exact) mass is 338 g/mol. The lowest BCUT2D eigenvalue weighted by atomic mass is 10.2. The van der Waals surface area contributed by atoms with E-state index in [-0.39, 0.29) is 6.79 Å². The van der Waals surface area contributed by atoms with Crippen LogP contribution in [0.1, 0.15) is 11.3 Å². The Morgan fingerprint density at radius 1 is 1.50 bits per heavy atom. The van der Waals surface area contributed by atoms with Crippen molar-refractivity contribution in [2.75, 3.05) is 19.6 Å². The zero-order valence-corrected chi connectivity index (χ0v) is 12.8. The van der Waals surface area contributed by atoms with Gasteiger partial charge in [0.25, 0.3) is 0 Å². The van der Waals surface area contributed by atoms with Crippen LogP contribution in [-0.2, 0) is 4.74 Å². The van der Waals surface area contributed by atoms with Gasteiger partial charge in [-0.2, -0.15) is 5.10 Å². The van der Waals surface area contributed by atoms with E-state index in [0.717, 1.165) is 15.7 Å². The molecule has 1 aromatic carbocycles. The Balaban J connectivity index is 2.14. The largest absolute Gasteiger partial charge is 0.466 e. The Bertz CT molecular complexity index is 625. The van der Waals surface area contributed by atoms with E-state index < -0.39 is 0 Å². The number of aromatic nitrogens is 2. The normalized spacial score (nSPS) is 11.2. The minimum absolute atomic E-state index is 0.205. The zero-order valence-electron chi connectivity index (χ0n) is 11.2. The summed E-state index contributed by atoms with van der Waals surface area (Å²) in [4.78, 5) is 4.07. The Morgan fingerprint density at radius 3 is 2.90 bits per heavy atom. The molecule has 0 aliphatic heterocycles. The number of ether oxygens (including phenoxy) is 2. The second kappa shape index (κ2) is 6.53. The molecule has 1 heterocycles. The van der Waals surface area contributed by atoms with Gasteiger partial charge in [0.05, 0.1) is 22.6 Å². The summed E-state index contributed by atoms with van der Waals surface area (Å²) in [6, 6.07) is 5.63. The third kappa shape index (κ3) is 3.58. The molecule has 0 aliphatic rings. The summed E-state index contributed by atoms with van der Waals surface area (Å²) < 4.78 is 12.6. The number of hydrogen-bond donors (Lipinski definition) is 1. The first kappa shape index (κ1) is 14.5. The van der Waals surface area contributed by atoms with Crippen molar-refractivity contribution in [2.24, 2.45) is 5.10 Å². The van der Waals surface area contributed by atoms with E-state index in [4.69, 9.17) is 15.2 Å². The minimum Gasteiger partial charge on any atom is -0.466 e. The lowest BCUT2D eigenvalue weighted by molar-refractivity contribution is 0.0506. The van der Waals surface area contributed by atoms with Crippen molar-refractivity contribution in [3.8, 4) is 5.75 Å². The standard InChI is InChI=1S/C13H15BrN4O2/c1-9-7-18(13(15)17-9)16-6-10-3-4-12(11(14)5-10)20-8-19-2/h3-7H,8H2,1-2H3,(H2,15,17). The van der Waals surface area contributed by atoms with E-state index in [1.54, 1.807) is 19.5 Å². The fraction of sp³-hybridized carbons (Fsp3) is 0.231. The van der Waals surface area contributed by atoms with Crippen molar-refractivity contribution < 1.29 is 9.47 Å². The molecule has 0 spiro atoms. The second-order valence-corrected chi connectivity index (χ2v) is 4.92. The molecule has 2 aromatic rings. The third-order valence-corrected chi connectivity index (χ3v) is 3.07. The molecule has 106 valence electrons. The van der Waals surface area contributed by atoms with Crippen LogP contribution in [0, 0.1) is 6.92 Å². The highest BCUT2D eigenvalue weighted by molar-refractivity contribution is 9.10. The molecule has 20 heavy (non-hydrogen) atoms. The highest BCUT2D eigenvalue weighted by Crippen LogP contribution is 2.25. The quantitative estimate of drug-likeness (QED) is 0.671. The lowest BCUT2D eigenvalue weighted by Gasteiger charge is -2.07. The Labute approximate surface area is 125 Å². The number of methoxy groups -OCH3 is 1. The lowest BCUT2D eigenvalue weighted by Crippen LogP contribution is -2.00. The molecule has 6 nitrogen and oxygen atoms in total. The molecule has 0 fully saturated rings. The van der Waals surface area contributed by atoms with Crippen molar-refractivity contribution in [3.63, 3.8) is 0 Å². The number of nitrogen functional groups attached to an aromatic ring is 1. The van der Waals surface area contributed by atoms with E-state index in [2.05, 4.69) is 26.0 Å². The van der Waals surface area contributed by atoms with Gasteiger partial charge >= 0.3 is 0 Å². The summed E-state index contributed by atoms with van der Waals surface area (Å²) in [5.41, 5.74) is 7.44. The van der Waals surface area contributed by atoms with Gasteiger partial charge in [0.2, 0.25) is 5.95 Å². The summed E-state index contributed by atoms with van der Waals surface area (Å²) in [7, 11) is 1.58. The van der Waals surface area contributed by atoms with Crippen molar-refractivity contribution in [2.45, 2.75) is 6.92 Å². The molecule has 1 aromatic heterocycles. The Morgan fingerprint density at radius 2 is 2.30 bits per heavy atom. The summed E-state index contributed by atoms with van der Waals surface area (Å²) in [5, 5.41) is 4.25. The number of imidazole rings is 1. The zero-order chi connectivity index (χ0) is 14.5. The van der Waals surface area contributed by atoms with Crippen LogP contribution in [0.25, 0.3) is 0 Å². The van der Waals surface area contributed by atoms with E-state index >= 15 is 0 Å². The summed E-state index contributed by atoms with van der Waals surface area (Å²) in [5.74, 6) is 1.07. The number of nitrogens with zero attached hydrogens (tertiary/aromatic N) is 3. The van der Waals surface area contributed by atoms with Crippen molar-refractivity contribution in [1.82, 2.24) is 9.66 Å². The molecule has 0 aliphatic carbocycles. The van der Waals surface area contributed by atoms with Crippen LogP contribution in [0.5, 0.6) is 5.75 Å². The molecule has 0 amide bonds. The number of rotatable bonds is 5. The van der Waals surface area contributed by atoms with Gasteiger partial charge in [0.1, 0.15) is 5.75 Å². The average Bonchev–Trinajstić information content (AvgIpc) is 2.73. The fourth-order valence-electron chi connectivity index (χ4n) is 1.56. The second-order valence-electron chi connectivity index (χ2n) is 4.07. The van der Waals surface area contributed by atoms with Crippen LogP contribution in [0.15, 0.2) is 34.0 Å². The number of hydrogen-bond acceptors (Lipinski definition) is 5. The number of benzene rings is 1. The minimum atomic E-state index is 0.205. The predicted octanol–water partition coefficient (Wildman–Crippen LogP) is 2.40. The van der Waals surface area contributed by atoms with Gasteiger partial charge in [-0.15, -0.1) is 0 Å². The topological polar surface area (TPSA) is 74.7 Å². The number of nitrogens with two attached hydrogens (primary N) is 1. The molecule has 0 bridgehead atoms. The van der Waals surface area contributed by atoms with Gasteiger partial charge < -0.3 is 15.2 Å². The molecule has 0 radical (unpaired) electrons. The third-order valence-electron chi connectivity index (χ3n) is 2.45. The van der Waals surface area contributed by atoms with Gasteiger partial charge in [-0.3, -0.25) is 0 Å². The number of aryl methyl sites for hydroxylation is 1. The van der Waals surface area contributed by atoms with E-state index in [9.17, 15) is 0 Å². The summed E-state index contributed by atoms with van der Waals surface area (Å²) in [6.07, 6.45) is 3.46. The van der Waals surface area contributed by atoms with Gasteiger partial charge in [-0.25, -0.2) is 9.66 Å². The van der Waals surface area contributed by atoms with Crippen LogP contribution in [0.2, 0.25) is 0 Å². The molecule has 0 unspecified atom stereocenters. The molecular formula is C13H15BrN4O2. The van der Waals surface area contributed by atoms with Crippen LogP contribution in [0.4, 0.5) is 5.95 Å². The average molecular weight is 339 g/mol. The number of halogens is 1. The molecular weight excluding hydrogens is 324 g/mol. The Hall–Kier alpha value is -1.86. The molecule has 0 atom stereocenters. The molecule has 7 heteroatoms. The predicted molar refractivity (Wildman–Crippen MR) is 81.0 cm³/mol. The maximum absolute atomic E-state index is 5.71.